The number of amides is 1. The summed E-state index contributed by atoms with van der Waals surface area (Å²) < 4.78 is 12.9. The predicted octanol–water partition coefficient (Wildman–Crippen LogP) is 1.94. The summed E-state index contributed by atoms with van der Waals surface area (Å²) in [5.74, 6) is -0.241. The van der Waals surface area contributed by atoms with Crippen molar-refractivity contribution in [2.75, 3.05) is 13.6 Å². The van der Waals surface area contributed by atoms with Gasteiger partial charge in [-0.3, -0.25) is 4.79 Å². The second kappa shape index (κ2) is 8.03. The van der Waals surface area contributed by atoms with Crippen LogP contribution < -0.4 is 5.73 Å². The molecular formula is C12H18ClFN2O. The van der Waals surface area contributed by atoms with Crippen molar-refractivity contribution < 1.29 is 9.18 Å². The second-order valence-corrected chi connectivity index (χ2v) is 3.77. The molecule has 0 fully saturated rings. The molecule has 0 aliphatic rings. The van der Waals surface area contributed by atoms with Gasteiger partial charge in [0.2, 0.25) is 5.91 Å². The van der Waals surface area contributed by atoms with Crippen LogP contribution in [0.3, 0.4) is 0 Å². The van der Waals surface area contributed by atoms with Crippen LogP contribution in [0, 0.1) is 5.82 Å². The molecule has 96 valence electrons. The molecule has 1 rings (SSSR count). The highest BCUT2D eigenvalue weighted by atomic mass is 35.5. The molecule has 0 saturated carbocycles. The SMILES string of the molecule is CN(Cc1cccc(F)c1)C(=O)CCCN.Cl. The van der Waals surface area contributed by atoms with Crippen LogP contribution in [-0.2, 0) is 11.3 Å². The summed E-state index contributed by atoms with van der Waals surface area (Å²) in [5, 5.41) is 0. The molecule has 3 nitrogen and oxygen atoms in total. The molecule has 1 amide bonds. The molecule has 1 aromatic rings. The van der Waals surface area contributed by atoms with Gasteiger partial charge in [0.15, 0.2) is 0 Å². The lowest BCUT2D eigenvalue weighted by molar-refractivity contribution is -0.130. The minimum absolute atomic E-state index is 0. The quantitative estimate of drug-likeness (QED) is 0.880. The fourth-order valence-corrected chi connectivity index (χ4v) is 1.44. The third-order valence-electron chi connectivity index (χ3n) is 2.33. The number of carbonyl (C=O) groups excluding carboxylic acids is 1. The van der Waals surface area contributed by atoms with Crippen molar-refractivity contribution in [1.82, 2.24) is 4.90 Å². The van der Waals surface area contributed by atoms with Crippen LogP contribution in [0.1, 0.15) is 18.4 Å². The summed E-state index contributed by atoms with van der Waals surface area (Å²) in [6.45, 7) is 0.945. The zero-order valence-electron chi connectivity index (χ0n) is 9.86. The Bertz CT molecular complexity index is 360. The monoisotopic (exact) mass is 260 g/mol. The Hall–Kier alpha value is -1.13. The third kappa shape index (κ3) is 5.65. The Morgan fingerprint density at radius 3 is 2.76 bits per heavy atom. The highest BCUT2D eigenvalue weighted by molar-refractivity contribution is 5.85. The smallest absolute Gasteiger partial charge is 0.222 e. The van der Waals surface area contributed by atoms with Crippen LogP contribution in [0.4, 0.5) is 4.39 Å². The number of nitrogens with zero attached hydrogens (tertiary/aromatic N) is 1. The third-order valence-corrected chi connectivity index (χ3v) is 2.33. The van der Waals surface area contributed by atoms with E-state index in [1.165, 1.54) is 12.1 Å². The Morgan fingerprint density at radius 2 is 2.18 bits per heavy atom. The van der Waals surface area contributed by atoms with Gasteiger partial charge < -0.3 is 10.6 Å². The predicted molar refractivity (Wildman–Crippen MR) is 68.4 cm³/mol. The molecule has 0 heterocycles. The van der Waals surface area contributed by atoms with Crippen molar-refractivity contribution in [3.8, 4) is 0 Å². The number of nitrogens with two attached hydrogens (primary N) is 1. The average molecular weight is 261 g/mol. The van der Waals surface area contributed by atoms with Gasteiger partial charge in [0.25, 0.3) is 0 Å². The summed E-state index contributed by atoms with van der Waals surface area (Å²) in [5.41, 5.74) is 6.12. The zero-order chi connectivity index (χ0) is 12.0. The lowest BCUT2D eigenvalue weighted by atomic mass is 10.2. The van der Waals surface area contributed by atoms with E-state index >= 15 is 0 Å². The van der Waals surface area contributed by atoms with E-state index in [-0.39, 0.29) is 24.1 Å². The van der Waals surface area contributed by atoms with Gasteiger partial charge in [0, 0.05) is 20.0 Å². The summed E-state index contributed by atoms with van der Waals surface area (Å²) in [4.78, 5) is 13.2. The molecule has 5 heteroatoms. The van der Waals surface area contributed by atoms with Crippen molar-refractivity contribution in [2.24, 2.45) is 5.73 Å². The van der Waals surface area contributed by atoms with Crippen LogP contribution in [0.15, 0.2) is 24.3 Å². The number of halogens is 2. The van der Waals surface area contributed by atoms with Crippen molar-refractivity contribution in [3.05, 3.63) is 35.6 Å². The van der Waals surface area contributed by atoms with Crippen LogP contribution in [0.2, 0.25) is 0 Å². The van der Waals surface area contributed by atoms with Gasteiger partial charge in [-0.2, -0.15) is 0 Å². The Labute approximate surface area is 107 Å². The molecule has 0 radical (unpaired) electrons. The Morgan fingerprint density at radius 1 is 1.47 bits per heavy atom. The second-order valence-electron chi connectivity index (χ2n) is 3.77. The number of benzene rings is 1. The van der Waals surface area contributed by atoms with Crippen molar-refractivity contribution >= 4 is 18.3 Å². The van der Waals surface area contributed by atoms with E-state index in [1.807, 2.05) is 0 Å². The standard InChI is InChI=1S/C12H17FN2O.ClH/c1-15(12(16)6-3-7-14)9-10-4-2-5-11(13)8-10;/h2,4-5,8H,3,6-7,9,14H2,1H3;1H. The van der Waals surface area contributed by atoms with Crippen molar-refractivity contribution in [2.45, 2.75) is 19.4 Å². The maximum atomic E-state index is 12.9. The molecular weight excluding hydrogens is 243 g/mol. The first-order chi connectivity index (χ1) is 7.63. The number of hydrogen-bond acceptors (Lipinski definition) is 2. The highest BCUT2D eigenvalue weighted by Gasteiger charge is 2.08. The molecule has 0 atom stereocenters. The van der Waals surface area contributed by atoms with Gasteiger partial charge in [0.1, 0.15) is 5.82 Å². The molecule has 0 saturated heterocycles. The first kappa shape index (κ1) is 15.9. The summed E-state index contributed by atoms with van der Waals surface area (Å²) in [6, 6.07) is 6.27. The van der Waals surface area contributed by atoms with Gasteiger partial charge in [-0.25, -0.2) is 4.39 Å². The van der Waals surface area contributed by atoms with E-state index in [1.54, 1.807) is 24.1 Å². The molecule has 0 unspecified atom stereocenters. The summed E-state index contributed by atoms with van der Waals surface area (Å²) >= 11 is 0. The minimum Gasteiger partial charge on any atom is -0.341 e. The van der Waals surface area contributed by atoms with Crippen LogP contribution in [0.25, 0.3) is 0 Å². The fraction of sp³-hybridized carbons (Fsp3) is 0.417. The maximum Gasteiger partial charge on any atom is 0.222 e. The Kier molecular flexibility index (Phi) is 7.50. The molecule has 0 aromatic heterocycles. The molecule has 0 aliphatic carbocycles. The Balaban J connectivity index is 0.00000256. The van der Waals surface area contributed by atoms with Crippen molar-refractivity contribution in [3.63, 3.8) is 0 Å². The topological polar surface area (TPSA) is 46.3 Å². The van der Waals surface area contributed by atoms with Crippen LogP contribution in [0.5, 0.6) is 0 Å². The van der Waals surface area contributed by atoms with Gasteiger partial charge in [-0.05, 0) is 30.7 Å². The molecule has 0 spiro atoms. The van der Waals surface area contributed by atoms with Gasteiger partial charge >= 0.3 is 0 Å². The highest BCUT2D eigenvalue weighted by Crippen LogP contribution is 2.07. The minimum atomic E-state index is -0.277. The van der Waals surface area contributed by atoms with E-state index in [4.69, 9.17) is 5.73 Å². The fourth-order valence-electron chi connectivity index (χ4n) is 1.44. The molecule has 1 aromatic carbocycles. The number of hydrogen-bond donors (Lipinski definition) is 1. The molecule has 2 N–H and O–H groups in total. The first-order valence-corrected chi connectivity index (χ1v) is 5.32. The average Bonchev–Trinajstić information content (AvgIpc) is 2.25. The van der Waals surface area contributed by atoms with E-state index in [9.17, 15) is 9.18 Å². The van der Waals surface area contributed by atoms with E-state index in [0.717, 1.165) is 5.56 Å². The normalized spacial score (nSPS) is 9.59. The molecule has 17 heavy (non-hydrogen) atoms. The molecule has 0 bridgehead atoms. The van der Waals surface area contributed by atoms with Crippen LogP contribution in [-0.4, -0.2) is 24.4 Å². The first-order valence-electron chi connectivity index (χ1n) is 5.32. The van der Waals surface area contributed by atoms with Crippen LogP contribution >= 0.6 is 12.4 Å². The van der Waals surface area contributed by atoms with E-state index in [2.05, 4.69) is 0 Å². The van der Waals surface area contributed by atoms with Gasteiger partial charge in [0.05, 0.1) is 0 Å². The summed E-state index contributed by atoms with van der Waals surface area (Å²) in [6.07, 6.45) is 1.13. The maximum absolute atomic E-state index is 12.9. The van der Waals surface area contributed by atoms with E-state index in [0.29, 0.717) is 25.9 Å². The number of carbonyl (C=O) groups is 1. The lowest BCUT2D eigenvalue weighted by Crippen LogP contribution is -2.26. The largest absolute Gasteiger partial charge is 0.341 e. The van der Waals surface area contributed by atoms with E-state index < -0.39 is 0 Å². The molecule has 0 aliphatic heterocycles. The van der Waals surface area contributed by atoms with Crippen molar-refractivity contribution in [1.29, 1.82) is 0 Å². The van der Waals surface area contributed by atoms with Gasteiger partial charge in [-0.1, -0.05) is 12.1 Å². The van der Waals surface area contributed by atoms with Gasteiger partial charge in [-0.15, -0.1) is 12.4 Å². The lowest BCUT2D eigenvalue weighted by Gasteiger charge is -2.17. The summed E-state index contributed by atoms with van der Waals surface area (Å²) in [7, 11) is 1.71. The zero-order valence-corrected chi connectivity index (χ0v) is 10.7. The number of rotatable bonds is 5.